The van der Waals surface area contributed by atoms with Gasteiger partial charge in [0.2, 0.25) is 0 Å². The van der Waals surface area contributed by atoms with Gasteiger partial charge in [-0.3, -0.25) is 0 Å². The molecule has 1 spiro atoms. The minimum atomic E-state index is -0.494. The van der Waals surface area contributed by atoms with Crippen molar-refractivity contribution in [1.29, 1.82) is 0 Å². The van der Waals surface area contributed by atoms with E-state index >= 15 is 0 Å². The number of hydrogen-bond donors (Lipinski definition) is 0. The fourth-order valence-corrected chi connectivity index (χ4v) is 14.2. The van der Waals surface area contributed by atoms with Gasteiger partial charge in [0.25, 0.3) is 0 Å². The quantitative estimate of drug-likeness (QED) is 0.160. The normalized spacial score (nSPS) is 23.6. The third-order valence-electron chi connectivity index (χ3n) is 16.5. The molecule has 63 heavy (non-hydrogen) atoms. The Hall–Kier alpha value is -6.38. The molecule has 0 saturated heterocycles. The summed E-state index contributed by atoms with van der Waals surface area (Å²) in [5.41, 5.74) is 21.3. The fraction of sp³-hybridized carbons (Fsp3) is 0.246. The van der Waals surface area contributed by atoms with Gasteiger partial charge in [0.05, 0.1) is 11.0 Å². The second-order valence-electron chi connectivity index (χ2n) is 19.5. The molecular weight excluding hydrogens is 761 g/mol. The van der Waals surface area contributed by atoms with Gasteiger partial charge in [-0.15, -0.1) is 0 Å². The first-order valence-corrected chi connectivity index (χ1v) is 23.7. The van der Waals surface area contributed by atoms with E-state index < -0.39 is 5.41 Å². The van der Waals surface area contributed by atoms with E-state index in [1.54, 1.807) is 11.1 Å². The van der Waals surface area contributed by atoms with Crippen LogP contribution in [-0.2, 0) is 10.8 Å². The van der Waals surface area contributed by atoms with Crippen LogP contribution in [0.2, 0.25) is 0 Å². The highest BCUT2D eigenvalue weighted by Crippen LogP contribution is 2.72. The maximum Gasteiger partial charge on any atom is 0.0830 e. The molecule has 13 rings (SSSR count). The molecule has 2 nitrogen and oxygen atoms in total. The van der Waals surface area contributed by atoms with E-state index in [0.717, 1.165) is 6.42 Å². The molecule has 1 heterocycles. The highest BCUT2D eigenvalue weighted by Gasteiger charge is 2.65. The van der Waals surface area contributed by atoms with Gasteiger partial charge in [-0.1, -0.05) is 158 Å². The molecule has 308 valence electrons. The lowest BCUT2D eigenvalue weighted by Gasteiger charge is -2.58. The summed E-state index contributed by atoms with van der Waals surface area (Å²) >= 11 is 0. The first-order valence-electron chi connectivity index (χ1n) is 23.7. The molecule has 3 atom stereocenters. The van der Waals surface area contributed by atoms with Gasteiger partial charge >= 0.3 is 0 Å². The van der Waals surface area contributed by atoms with Crippen LogP contribution in [0.5, 0.6) is 0 Å². The molecule has 2 heteroatoms. The zero-order chi connectivity index (χ0) is 41.9. The van der Waals surface area contributed by atoms with E-state index in [9.17, 15) is 0 Å². The number of rotatable bonds is 5. The van der Waals surface area contributed by atoms with Crippen LogP contribution in [0.25, 0.3) is 11.1 Å². The second-order valence-corrected chi connectivity index (χ2v) is 19.5. The molecule has 0 radical (unpaired) electrons. The van der Waals surface area contributed by atoms with E-state index in [4.69, 9.17) is 0 Å². The average molecular weight is 815 g/mol. The summed E-state index contributed by atoms with van der Waals surface area (Å²) in [4.78, 5) is 5.30. The van der Waals surface area contributed by atoms with Gasteiger partial charge in [0, 0.05) is 39.8 Å². The van der Waals surface area contributed by atoms with Crippen molar-refractivity contribution in [2.45, 2.75) is 93.4 Å². The topological polar surface area (TPSA) is 6.48 Å². The summed E-state index contributed by atoms with van der Waals surface area (Å²) in [6, 6.07) is 67.6. The number of allylic oxidation sites excluding steroid dienone is 2. The Morgan fingerprint density at radius 3 is 1.90 bits per heavy atom. The van der Waals surface area contributed by atoms with Crippen molar-refractivity contribution in [3.63, 3.8) is 0 Å². The molecule has 0 N–H and O–H groups in total. The van der Waals surface area contributed by atoms with Crippen molar-refractivity contribution >= 4 is 28.4 Å². The SMILES string of the molecule is CC12C(=CC3(C)C4=C1CCCC4c1ccccc1N3c1ccccc1)C1(c3ccccc3-c3ccccc31)c1cc(N(c3ccccc3)c3ccccc3C3CCCCC3)ccc12. The van der Waals surface area contributed by atoms with Crippen molar-refractivity contribution in [3.8, 4) is 11.1 Å². The first kappa shape index (κ1) is 37.2. The summed E-state index contributed by atoms with van der Waals surface area (Å²) in [6.45, 7) is 5.19. The Morgan fingerprint density at radius 2 is 1.16 bits per heavy atom. The van der Waals surface area contributed by atoms with Gasteiger partial charge in [0.1, 0.15) is 0 Å². The smallest absolute Gasteiger partial charge is 0.0830 e. The lowest BCUT2D eigenvalue weighted by Crippen LogP contribution is -2.55. The van der Waals surface area contributed by atoms with Crippen LogP contribution in [0.4, 0.5) is 28.4 Å². The Labute approximate surface area is 373 Å². The number of benzene rings is 7. The van der Waals surface area contributed by atoms with Gasteiger partial charge in [-0.05, 0) is 156 Å². The van der Waals surface area contributed by atoms with E-state index in [2.05, 4.69) is 206 Å². The van der Waals surface area contributed by atoms with E-state index in [1.165, 1.54) is 123 Å². The molecule has 0 bridgehead atoms. The van der Waals surface area contributed by atoms with Crippen LogP contribution >= 0.6 is 0 Å². The Kier molecular flexibility index (Phi) is 8.15. The molecule has 1 aliphatic heterocycles. The molecule has 0 amide bonds. The van der Waals surface area contributed by atoms with Crippen LogP contribution < -0.4 is 9.80 Å². The fourth-order valence-electron chi connectivity index (χ4n) is 14.2. The third kappa shape index (κ3) is 4.96. The molecule has 6 aliphatic rings. The summed E-state index contributed by atoms with van der Waals surface area (Å²) in [6.07, 6.45) is 12.8. The first-order chi connectivity index (χ1) is 31.0. The van der Waals surface area contributed by atoms with E-state index in [-0.39, 0.29) is 11.0 Å². The van der Waals surface area contributed by atoms with Gasteiger partial charge in [-0.25, -0.2) is 0 Å². The molecule has 7 aromatic carbocycles. The number of para-hydroxylation sites is 4. The Balaban J connectivity index is 1.13. The van der Waals surface area contributed by atoms with Gasteiger partial charge < -0.3 is 9.80 Å². The van der Waals surface area contributed by atoms with Gasteiger partial charge in [-0.2, -0.15) is 0 Å². The van der Waals surface area contributed by atoms with E-state index in [0.29, 0.717) is 11.8 Å². The summed E-state index contributed by atoms with van der Waals surface area (Å²) < 4.78 is 0. The van der Waals surface area contributed by atoms with Crippen molar-refractivity contribution in [2.75, 3.05) is 9.80 Å². The molecule has 7 aromatic rings. The van der Waals surface area contributed by atoms with E-state index in [1.807, 2.05) is 0 Å². The molecule has 0 aromatic heterocycles. The number of nitrogens with zero attached hydrogens (tertiary/aromatic N) is 2. The van der Waals surface area contributed by atoms with Crippen molar-refractivity contribution < 1.29 is 0 Å². The van der Waals surface area contributed by atoms with Crippen LogP contribution in [0.3, 0.4) is 0 Å². The Morgan fingerprint density at radius 1 is 0.524 bits per heavy atom. The van der Waals surface area contributed by atoms with Crippen molar-refractivity contribution in [3.05, 3.63) is 232 Å². The summed E-state index contributed by atoms with van der Waals surface area (Å²) in [5, 5.41) is 0. The largest absolute Gasteiger partial charge is 0.328 e. The van der Waals surface area contributed by atoms with Crippen LogP contribution in [0.1, 0.15) is 110 Å². The molecule has 3 unspecified atom stereocenters. The third-order valence-corrected chi connectivity index (χ3v) is 16.5. The van der Waals surface area contributed by atoms with Gasteiger partial charge in [0.15, 0.2) is 0 Å². The molecule has 1 saturated carbocycles. The zero-order valence-corrected chi connectivity index (χ0v) is 36.5. The lowest BCUT2D eigenvalue weighted by atomic mass is 9.53. The molecule has 5 aliphatic carbocycles. The predicted molar refractivity (Wildman–Crippen MR) is 261 cm³/mol. The number of hydrogen-bond acceptors (Lipinski definition) is 2. The van der Waals surface area contributed by atoms with Crippen molar-refractivity contribution in [2.24, 2.45) is 0 Å². The standard InChI is InChI=1S/C61H54N2/c1-59-40-57-60(2,53-34-20-31-49(58(53)59)48-30-15-19-36-56(48)63(59)43-25-10-5-11-26-43)52-38-37-44(39-54(52)61(57)50-32-16-12-28-46(50)47-29-13-17-33-51(47)61)62(42-23-8-4-9-24-42)55-35-18-14-27-45(55)41-21-6-3-7-22-41/h4-5,8-19,23-30,32-33,35-41,49H,3,6-7,20-22,31,34H2,1-2H3. The molecule has 1 fully saturated rings. The van der Waals surface area contributed by atoms with Crippen LogP contribution in [0.15, 0.2) is 199 Å². The minimum absolute atomic E-state index is 0.307. The monoisotopic (exact) mass is 814 g/mol. The van der Waals surface area contributed by atoms with Crippen LogP contribution in [-0.4, -0.2) is 5.54 Å². The maximum atomic E-state index is 2.80. The average Bonchev–Trinajstić information content (AvgIpc) is 3.76. The number of anilines is 5. The highest BCUT2D eigenvalue weighted by molar-refractivity contribution is 5.93. The Bertz CT molecular complexity index is 2980. The second kappa shape index (κ2) is 13.8. The molecular formula is C61H54N2. The summed E-state index contributed by atoms with van der Waals surface area (Å²) in [7, 11) is 0. The number of fused-ring (bicyclic) bond motifs is 13. The predicted octanol–water partition coefficient (Wildman–Crippen LogP) is 15.9. The zero-order valence-electron chi connectivity index (χ0n) is 36.5. The summed E-state index contributed by atoms with van der Waals surface area (Å²) in [5.74, 6) is 0.938. The lowest BCUT2D eigenvalue weighted by molar-refractivity contribution is 0.426. The van der Waals surface area contributed by atoms with Crippen molar-refractivity contribution in [1.82, 2.24) is 0 Å². The van der Waals surface area contributed by atoms with Crippen LogP contribution in [0, 0.1) is 0 Å². The maximum absolute atomic E-state index is 2.80. The minimum Gasteiger partial charge on any atom is -0.328 e. The highest BCUT2D eigenvalue weighted by atomic mass is 15.2.